The van der Waals surface area contributed by atoms with E-state index in [-0.39, 0.29) is 11.7 Å². The average Bonchev–Trinajstić information content (AvgIpc) is 2.36. The zero-order chi connectivity index (χ0) is 14.0. The smallest absolute Gasteiger partial charge is 0.170 e. The Labute approximate surface area is 112 Å². The van der Waals surface area contributed by atoms with Crippen LogP contribution in [0.15, 0.2) is 23.4 Å². The summed E-state index contributed by atoms with van der Waals surface area (Å²) in [6.45, 7) is 6.10. The molecule has 3 N–H and O–H groups in total. The molecule has 1 aliphatic rings. The highest BCUT2D eigenvalue weighted by molar-refractivity contribution is 5.97. The standard InChI is InChI=1S/C14H20FN3O/c1-9-5-10(2)8-18(7-9)13-4-3-11(6-12(13)15)14(16)17-19/h3-4,6,9-10,19H,5,7-8H2,1-2H3,(H2,16,17). The lowest BCUT2D eigenvalue weighted by Crippen LogP contribution is -2.39. The Morgan fingerprint density at radius 2 is 2.00 bits per heavy atom. The van der Waals surface area contributed by atoms with Crippen molar-refractivity contribution in [2.75, 3.05) is 18.0 Å². The summed E-state index contributed by atoms with van der Waals surface area (Å²) in [4.78, 5) is 2.07. The summed E-state index contributed by atoms with van der Waals surface area (Å²) in [6, 6.07) is 4.69. The molecule has 0 aliphatic carbocycles. The molecule has 1 aromatic carbocycles. The van der Waals surface area contributed by atoms with Crippen molar-refractivity contribution < 1.29 is 9.60 Å². The van der Waals surface area contributed by atoms with E-state index in [0.717, 1.165) is 13.1 Å². The van der Waals surface area contributed by atoms with Crippen LogP contribution in [0.4, 0.5) is 10.1 Å². The van der Waals surface area contributed by atoms with Crippen LogP contribution >= 0.6 is 0 Å². The number of nitrogens with two attached hydrogens (primary N) is 1. The molecule has 19 heavy (non-hydrogen) atoms. The minimum absolute atomic E-state index is 0.0779. The van der Waals surface area contributed by atoms with Crippen LogP contribution in [0.25, 0.3) is 0 Å². The van der Waals surface area contributed by atoms with Gasteiger partial charge in [0.1, 0.15) is 5.82 Å². The van der Waals surface area contributed by atoms with E-state index in [1.165, 1.54) is 12.5 Å². The predicted molar refractivity (Wildman–Crippen MR) is 74.1 cm³/mol. The Morgan fingerprint density at radius 3 is 2.53 bits per heavy atom. The fourth-order valence-corrected chi connectivity index (χ4v) is 2.84. The first-order valence-electron chi connectivity index (χ1n) is 6.53. The van der Waals surface area contributed by atoms with Gasteiger partial charge in [0.05, 0.1) is 5.69 Å². The summed E-state index contributed by atoms with van der Waals surface area (Å²) < 4.78 is 14.2. The molecule has 1 fully saturated rings. The highest BCUT2D eigenvalue weighted by Gasteiger charge is 2.23. The minimum Gasteiger partial charge on any atom is -0.409 e. The van der Waals surface area contributed by atoms with Crippen molar-refractivity contribution in [2.24, 2.45) is 22.7 Å². The van der Waals surface area contributed by atoms with E-state index in [0.29, 0.717) is 23.1 Å². The Morgan fingerprint density at radius 1 is 1.37 bits per heavy atom. The number of oxime groups is 1. The zero-order valence-electron chi connectivity index (χ0n) is 11.3. The van der Waals surface area contributed by atoms with Crippen molar-refractivity contribution >= 4 is 11.5 Å². The number of benzene rings is 1. The molecule has 0 saturated carbocycles. The van der Waals surface area contributed by atoms with Crippen molar-refractivity contribution in [3.8, 4) is 0 Å². The number of hydrogen-bond donors (Lipinski definition) is 2. The fourth-order valence-electron chi connectivity index (χ4n) is 2.84. The highest BCUT2D eigenvalue weighted by Crippen LogP contribution is 2.28. The van der Waals surface area contributed by atoms with Gasteiger partial charge < -0.3 is 15.8 Å². The first-order chi connectivity index (χ1) is 9.01. The number of rotatable bonds is 2. The number of hydrogen-bond acceptors (Lipinski definition) is 3. The second-order valence-corrected chi connectivity index (χ2v) is 5.50. The van der Waals surface area contributed by atoms with Gasteiger partial charge >= 0.3 is 0 Å². The van der Waals surface area contributed by atoms with Crippen LogP contribution in [0.5, 0.6) is 0 Å². The van der Waals surface area contributed by atoms with E-state index in [9.17, 15) is 4.39 Å². The largest absolute Gasteiger partial charge is 0.409 e. The molecule has 2 atom stereocenters. The van der Waals surface area contributed by atoms with Gasteiger partial charge in [-0.2, -0.15) is 0 Å². The van der Waals surface area contributed by atoms with E-state index in [1.807, 2.05) is 0 Å². The molecule has 2 unspecified atom stereocenters. The lowest BCUT2D eigenvalue weighted by Gasteiger charge is -2.36. The van der Waals surface area contributed by atoms with Crippen LogP contribution in [-0.4, -0.2) is 24.1 Å². The topological polar surface area (TPSA) is 61.8 Å². The molecular weight excluding hydrogens is 245 g/mol. The zero-order valence-corrected chi connectivity index (χ0v) is 11.3. The van der Waals surface area contributed by atoms with Gasteiger partial charge in [0.15, 0.2) is 5.84 Å². The van der Waals surface area contributed by atoms with E-state index in [1.54, 1.807) is 12.1 Å². The van der Waals surface area contributed by atoms with Gasteiger partial charge in [-0.3, -0.25) is 0 Å². The number of anilines is 1. The Kier molecular flexibility index (Phi) is 3.93. The first kappa shape index (κ1) is 13.6. The number of amidine groups is 1. The molecule has 104 valence electrons. The van der Waals surface area contributed by atoms with Crippen LogP contribution in [0, 0.1) is 17.7 Å². The van der Waals surface area contributed by atoms with Crippen LogP contribution in [0.3, 0.4) is 0 Å². The Balaban J connectivity index is 2.26. The van der Waals surface area contributed by atoms with Gasteiger partial charge in [-0.15, -0.1) is 0 Å². The van der Waals surface area contributed by atoms with E-state index >= 15 is 0 Å². The molecule has 5 heteroatoms. The van der Waals surface area contributed by atoms with Gasteiger partial charge in [0.2, 0.25) is 0 Å². The summed E-state index contributed by atoms with van der Waals surface area (Å²) in [7, 11) is 0. The second-order valence-electron chi connectivity index (χ2n) is 5.50. The van der Waals surface area contributed by atoms with Crippen molar-refractivity contribution in [3.05, 3.63) is 29.6 Å². The molecular formula is C14H20FN3O. The van der Waals surface area contributed by atoms with Gasteiger partial charge in [-0.1, -0.05) is 19.0 Å². The maximum atomic E-state index is 14.2. The van der Waals surface area contributed by atoms with Gasteiger partial charge in [-0.05, 0) is 36.5 Å². The third-order valence-electron chi connectivity index (χ3n) is 3.56. The third kappa shape index (κ3) is 2.97. The predicted octanol–water partition coefficient (Wildman–Crippen LogP) is 2.40. The maximum Gasteiger partial charge on any atom is 0.170 e. The fraction of sp³-hybridized carbons (Fsp3) is 0.500. The van der Waals surface area contributed by atoms with E-state index < -0.39 is 0 Å². The molecule has 1 aromatic rings. The summed E-state index contributed by atoms with van der Waals surface area (Å²) in [6.07, 6.45) is 1.18. The second kappa shape index (κ2) is 5.47. The van der Waals surface area contributed by atoms with Crippen LogP contribution in [-0.2, 0) is 0 Å². The summed E-state index contributed by atoms with van der Waals surface area (Å²) in [5.74, 6) is 0.718. The van der Waals surface area contributed by atoms with E-state index in [4.69, 9.17) is 10.9 Å². The number of halogens is 1. The summed E-state index contributed by atoms with van der Waals surface area (Å²) in [5.41, 5.74) is 6.44. The lowest BCUT2D eigenvalue weighted by atomic mass is 9.91. The van der Waals surface area contributed by atoms with Crippen LogP contribution < -0.4 is 10.6 Å². The summed E-state index contributed by atoms with van der Waals surface area (Å²) >= 11 is 0. The molecule has 1 heterocycles. The molecule has 0 radical (unpaired) electrons. The quantitative estimate of drug-likeness (QED) is 0.373. The third-order valence-corrected chi connectivity index (χ3v) is 3.56. The number of nitrogens with zero attached hydrogens (tertiary/aromatic N) is 2. The first-order valence-corrected chi connectivity index (χ1v) is 6.53. The Bertz CT molecular complexity index is 480. The lowest BCUT2D eigenvalue weighted by molar-refractivity contribution is 0.318. The molecule has 4 nitrogen and oxygen atoms in total. The molecule has 1 saturated heterocycles. The van der Waals surface area contributed by atoms with Crippen molar-refractivity contribution in [2.45, 2.75) is 20.3 Å². The average molecular weight is 265 g/mol. The van der Waals surface area contributed by atoms with Gasteiger partial charge in [0.25, 0.3) is 0 Å². The molecule has 2 rings (SSSR count). The molecule has 0 spiro atoms. The minimum atomic E-state index is -0.328. The van der Waals surface area contributed by atoms with Crippen molar-refractivity contribution in [1.29, 1.82) is 0 Å². The molecule has 0 aromatic heterocycles. The maximum absolute atomic E-state index is 14.2. The number of piperidine rings is 1. The highest BCUT2D eigenvalue weighted by atomic mass is 19.1. The SMILES string of the molecule is CC1CC(C)CN(c2ccc(/C(N)=N/O)cc2F)C1. The van der Waals surface area contributed by atoms with Crippen LogP contribution in [0.2, 0.25) is 0 Å². The van der Waals surface area contributed by atoms with Crippen molar-refractivity contribution in [3.63, 3.8) is 0 Å². The normalized spacial score (nSPS) is 24.6. The van der Waals surface area contributed by atoms with Gasteiger partial charge in [0, 0.05) is 18.7 Å². The van der Waals surface area contributed by atoms with Crippen LogP contribution in [0.1, 0.15) is 25.8 Å². The summed E-state index contributed by atoms with van der Waals surface area (Å²) in [5, 5.41) is 11.5. The molecule has 1 aliphatic heterocycles. The Hall–Kier alpha value is -1.78. The van der Waals surface area contributed by atoms with Crippen molar-refractivity contribution in [1.82, 2.24) is 0 Å². The van der Waals surface area contributed by atoms with E-state index in [2.05, 4.69) is 23.9 Å². The molecule has 0 amide bonds. The monoisotopic (exact) mass is 265 g/mol. The molecule has 0 bridgehead atoms. The van der Waals surface area contributed by atoms with Gasteiger partial charge in [-0.25, -0.2) is 4.39 Å².